The highest BCUT2D eigenvalue weighted by atomic mass is 16.5. The minimum atomic E-state index is -1.42. The number of fused-ring (bicyclic) bond motifs is 2. The molecule has 15 atom stereocenters. The molecular formula is C58H84N6O11. The number of nitrogens with one attached hydrogen (secondary N) is 4. The van der Waals surface area contributed by atoms with Gasteiger partial charge in [-0.2, -0.15) is 0 Å². The van der Waals surface area contributed by atoms with E-state index in [0.717, 1.165) is 30.4 Å². The van der Waals surface area contributed by atoms with Gasteiger partial charge in [0.25, 0.3) is 5.91 Å². The maximum Gasteiger partial charge on any atom is 0.325 e. The molecule has 3 fully saturated rings. The van der Waals surface area contributed by atoms with E-state index in [9.17, 15) is 44.1 Å². The van der Waals surface area contributed by atoms with Crippen molar-refractivity contribution in [2.75, 3.05) is 12.3 Å². The Labute approximate surface area is 443 Å². The van der Waals surface area contributed by atoms with Gasteiger partial charge in [-0.3, -0.25) is 29.0 Å². The molecule has 1 aliphatic carbocycles. The highest BCUT2D eigenvalue weighted by Crippen LogP contribution is 2.54. The van der Waals surface area contributed by atoms with Crippen LogP contribution in [0.4, 0.5) is 5.69 Å². The van der Waals surface area contributed by atoms with Crippen molar-refractivity contribution in [3.63, 3.8) is 0 Å². The van der Waals surface area contributed by atoms with E-state index in [1.807, 2.05) is 39.0 Å². The van der Waals surface area contributed by atoms with Crippen LogP contribution in [0.5, 0.6) is 0 Å². The number of aliphatic hydroxyl groups excluding tert-OH is 3. The number of hydrazine groups is 1. The molecule has 75 heavy (non-hydrogen) atoms. The lowest BCUT2D eigenvalue weighted by Crippen LogP contribution is -2.70. The van der Waals surface area contributed by atoms with Crippen molar-refractivity contribution in [3.05, 3.63) is 89.6 Å². The summed E-state index contributed by atoms with van der Waals surface area (Å²) in [5.41, 5.74) is 11.1. The molecule has 6 rings (SSSR count). The van der Waals surface area contributed by atoms with Crippen molar-refractivity contribution in [1.29, 1.82) is 0 Å². The number of allylic oxidation sites excluding steroid dienone is 5. The number of carbonyl (C=O) groups excluding carboxylic acids is 6. The van der Waals surface area contributed by atoms with Crippen molar-refractivity contribution in [2.24, 2.45) is 41.4 Å². The first-order chi connectivity index (χ1) is 35.6. The highest BCUT2D eigenvalue weighted by Gasteiger charge is 2.60. The number of ether oxygens (including phenoxy) is 2. The Morgan fingerprint density at radius 2 is 1.79 bits per heavy atom. The summed E-state index contributed by atoms with van der Waals surface area (Å²) >= 11 is 0. The molecule has 17 heteroatoms. The number of nitrogen functional groups attached to an aromatic ring is 1. The Morgan fingerprint density at radius 1 is 1.03 bits per heavy atom. The third kappa shape index (κ3) is 14.7. The molecule has 0 aromatic heterocycles. The highest BCUT2D eigenvalue weighted by molar-refractivity contribution is 5.93. The van der Waals surface area contributed by atoms with Crippen LogP contribution in [0.15, 0.2) is 84.0 Å². The van der Waals surface area contributed by atoms with Gasteiger partial charge in [-0.1, -0.05) is 102 Å². The predicted molar refractivity (Wildman–Crippen MR) is 285 cm³/mol. The van der Waals surface area contributed by atoms with Gasteiger partial charge in [0.2, 0.25) is 17.7 Å². The maximum absolute atomic E-state index is 14.6. The zero-order valence-corrected chi connectivity index (χ0v) is 45.2. The summed E-state index contributed by atoms with van der Waals surface area (Å²) in [7, 11) is 0. The zero-order valence-electron chi connectivity index (χ0n) is 45.2. The molecule has 2 bridgehead atoms. The predicted octanol–water partition coefficient (Wildman–Crippen LogP) is 5.73. The molecule has 17 nitrogen and oxygen atoms in total. The normalized spacial score (nSPS) is 34.2. The number of piperidine rings is 1. The van der Waals surface area contributed by atoms with Crippen molar-refractivity contribution in [1.82, 2.24) is 26.4 Å². The van der Waals surface area contributed by atoms with Gasteiger partial charge in [-0.25, -0.2) is 5.43 Å². The van der Waals surface area contributed by atoms with Crippen LogP contribution < -0.4 is 27.1 Å². The van der Waals surface area contributed by atoms with Crippen molar-refractivity contribution >= 4 is 41.1 Å². The first-order valence-electron chi connectivity index (χ1n) is 27.3. The number of rotatable bonds is 14. The second kappa shape index (κ2) is 26.5. The van der Waals surface area contributed by atoms with E-state index in [1.54, 1.807) is 63.3 Å². The molecule has 412 valence electrons. The molecule has 2 unspecified atom stereocenters. The van der Waals surface area contributed by atoms with Crippen LogP contribution >= 0.6 is 0 Å². The smallest absolute Gasteiger partial charge is 0.325 e. The second-order valence-electron chi connectivity index (χ2n) is 22.2. The number of esters is 1. The van der Waals surface area contributed by atoms with E-state index in [4.69, 9.17) is 15.2 Å². The minimum absolute atomic E-state index is 0.00640. The fraction of sp³-hybridized carbons (Fsp3) is 0.621. The summed E-state index contributed by atoms with van der Waals surface area (Å²) in [5, 5.41) is 44.3. The Kier molecular flexibility index (Phi) is 20.8. The molecule has 2 saturated heterocycles. The van der Waals surface area contributed by atoms with E-state index in [-0.39, 0.29) is 67.3 Å². The van der Waals surface area contributed by atoms with E-state index < -0.39 is 89.7 Å². The second-order valence-corrected chi connectivity index (χ2v) is 22.2. The number of nitrogens with zero attached hydrogens (tertiary/aromatic N) is 1. The van der Waals surface area contributed by atoms with Gasteiger partial charge in [0.15, 0.2) is 5.72 Å². The fourth-order valence-electron chi connectivity index (χ4n) is 11.0. The number of Topliss-reactive ketones (excluding diaryl/α,β-unsaturated/α-hetero) is 1. The summed E-state index contributed by atoms with van der Waals surface area (Å²) in [4.78, 5) is 82.0. The number of nitrogens with two attached hydrogens (primary N) is 1. The van der Waals surface area contributed by atoms with Crippen molar-refractivity contribution in [3.8, 4) is 0 Å². The van der Waals surface area contributed by atoms with Crippen LogP contribution in [-0.4, -0.2) is 111 Å². The molecule has 1 aromatic rings. The summed E-state index contributed by atoms with van der Waals surface area (Å²) in [6.07, 6.45) is 15.8. The molecule has 4 aliphatic heterocycles. The standard InChI is InChI=1S/C58H84N6O11/c1-9-39-29-42-31-41-28-36(6)49(75-58(41,42)62-53(39)69)32-47(67)34(4)18-12-10-13-19-35(5)48-24-15-11-14-23-46(66)38(8)52(68)44(26-25-37(7)65)54(70)60-50(33(2)3)55(71)61-51(40-20-16-21-43(59)30-40)56(72)64-27-17-22-45(63-64)57(73)74-48/h10-11,13-16,19-21,23,28,30,33-34,36,38-39,42,44-52,63,66-68H,9,12,17-18,22,24-27,29,31-32,59H2,1-8H3,(H,60,70)(H,61,71)(H,62,69)/b13-10+,15-11+,23-14+,35-19+/t34-,36+,38-,39-,42+,44+,45?,46-,47-,48-,49-,50-,51?,52+,58-/m0/s1. The van der Waals surface area contributed by atoms with Gasteiger partial charge in [0, 0.05) is 55.2 Å². The average Bonchev–Trinajstić information content (AvgIpc) is 3.37. The van der Waals surface area contributed by atoms with Gasteiger partial charge >= 0.3 is 5.97 Å². The van der Waals surface area contributed by atoms with Crippen LogP contribution in [0.3, 0.4) is 0 Å². The molecule has 9 N–H and O–H groups in total. The van der Waals surface area contributed by atoms with Gasteiger partial charge in [0.05, 0.1) is 30.3 Å². The quantitative estimate of drug-likeness (QED) is 0.0480. The molecule has 5 aliphatic rings. The molecule has 0 radical (unpaired) electrons. The number of benzene rings is 1. The molecule has 1 spiro atoms. The topological polar surface area (TPSA) is 259 Å². The lowest BCUT2D eigenvalue weighted by Gasteiger charge is -2.59. The van der Waals surface area contributed by atoms with Crippen LogP contribution in [0.1, 0.15) is 138 Å². The zero-order chi connectivity index (χ0) is 54.7. The summed E-state index contributed by atoms with van der Waals surface area (Å²) in [5.74, 6) is -4.90. The van der Waals surface area contributed by atoms with Gasteiger partial charge in [-0.15, -0.1) is 0 Å². The summed E-state index contributed by atoms with van der Waals surface area (Å²) in [6.45, 7) is 14.7. The van der Waals surface area contributed by atoms with Crippen LogP contribution in [0, 0.1) is 41.4 Å². The molecule has 1 saturated carbocycles. The van der Waals surface area contributed by atoms with Crippen LogP contribution in [0.25, 0.3) is 0 Å². The van der Waals surface area contributed by atoms with E-state index >= 15 is 0 Å². The van der Waals surface area contributed by atoms with Crippen molar-refractivity contribution < 1.29 is 53.6 Å². The Bertz CT molecular complexity index is 2360. The van der Waals surface area contributed by atoms with Crippen molar-refractivity contribution in [2.45, 2.75) is 180 Å². The lowest BCUT2D eigenvalue weighted by molar-refractivity contribution is -0.205. The first-order valence-corrected chi connectivity index (χ1v) is 27.3. The number of ketones is 1. The number of cyclic esters (lactones) is 1. The number of amides is 4. The number of hydrogen-bond acceptors (Lipinski definition) is 13. The first kappa shape index (κ1) is 58.8. The minimum Gasteiger partial charge on any atom is -0.456 e. The van der Waals surface area contributed by atoms with Crippen LogP contribution in [0.2, 0.25) is 0 Å². The third-order valence-electron chi connectivity index (χ3n) is 16.1. The summed E-state index contributed by atoms with van der Waals surface area (Å²) in [6, 6.07) is 3.11. The van der Waals surface area contributed by atoms with Crippen LogP contribution in [-0.2, 0) is 38.2 Å². The Balaban J connectivity index is 1.18. The monoisotopic (exact) mass is 1040 g/mol. The number of hydrogen-bond donors (Lipinski definition) is 8. The van der Waals surface area contributed by atoms with E-state index in [0.29, 0.717) is 43.4 Å². The van der Waals surface area contributed by atoms with E-state index in [1.165, 1.54) is 18.0 Å². The molecule has 4 amide bonds. The fourth-order valence-corrected chi connectivity index (χ4v) is 11.0. The third-order valence-corrected chi connectivity index (χ3v) is 16.1. The average molecular weight is 1040 g/mol. The molecule has 4 heterocycles. The Hall–Kier alpha value is -5.46. The van der Waals surface area contributed by atoms with Gasteiger partial charge in [0.1, 0.15) is 30.0 Å². The number of anilines is 1. The number of carbonyl (C=O) groups is 6. The van der Waals surface area contributed by atoms with E-state index in [2.05, 4.69) is 34.4 Å². The molecule has 1 aromatic carbocycles. The lowest BCUT2D eigenvalue weighted by atomic mass is 9.62. The van der Waals surface area contributed by atoms with Gasteiger partial charge in [-0.05, 0) is 106 Å². The number of aliphatic hydroxyl groups is 3. The Morgan fingerprint density at radius 3 is 2.49 bits per heavy atom. The molecular weight excluding hydrogens is 957 g/mol. The summed E-state index contributed by atoms with van der Waals surface area (Å²) < 4.78 is 12.9. The largest absolute Gasteiger partial charge is 0.456 e. The maximum atomic E-state index is 14.6. The van der Waals surface area contributed by atoms with Gasteiger partial charge < -0.3 is 51.3 Å². The SMILES string of the molecule is CC[C@H]1C[C@@H]2CC3=C[C@@H](C)[C@H](C[C@H](O)[C@@H](C)CC/C=C/C=C(\C)[C@@H]4C/C=C/C=C/[C@H](O)[C@H](C)[C@@H](O)[C@@H](CCC(C)=O)C(=O)N[C@@H](C(C)C)C(=O)NC(c5cccc(N)c5)C(=O)N5CCCC(N5)C(=O)O4)O[C@@]32NC1=O.